The molecule has 2 aromatic heterocycles. The summed E-state index contributed by atoms with van der Waals surface area (Å²) < 4.78 is 5.69. The third kappa shape index (κ3) is 4.37. The molecule has 3 aromatic rings. The highest BCUT2D eigenvalue weighted by Gasteiger charge is 2.33. The average Bonchev–Trinajstić information content (AvgIpc) is 3.47. The van der Waals surface area contributed by atoms with Gasteiger partial charge in [-0.25, -0.2) is 0 Å². The molecule has 29 heavy (non-hydrogen) atoms. The van der Waals surface area contributed by atoms with Gasteiger partial charge in [0.1, 0.15) is 5.76 Å². The summed E-state index contributed by atoms with van der Waals surface area (Å²) in [6.07, 6.45) is 5.55. The van der Waals surface area contributed by atoms with Crippen LogP contribution in [0.25, 0.3) is 11.3 Å². The second-order valence-electron chi connectivity index (χ2n) is 7.12. The Morgan fingerprint density at radius 3 is 2.66 bits per heavy atom. The second-order valence-corrected chi connectivity index (χ2v) is 7.12. The first-order valence-electron chi connectivity index (χ1n) is 9.84. The monoisotopic (exact) mass is 389 g/mol. The molecule has 6 nitrogen and oxygen atoms in total. The van der Waals surface area contributed by atoms with E-state index in [1.807, 2.05) is 48.2 Å². The molecule has 4 rings (SSSR count). The van der Waals surface area contributed by atoms with Crippen molar-refractivity contribution < 1.29 is 14.0 Å². The van der Waals surface area contributed by atoms with E-state index < -0.39 is 0 Å². The molecule has 1 aliphatic rings. The van der Waals surface area contributed by atoms with E-state index in [1.54, 1.807) is 24.5 Å². The van der Waals surface area contributed by atoms with Crippen molar-refractivity contribution in [3.63, 3.8) is 0 Å². The largest absolute Gasteiger partial charge is 0.451 e. The van der Waals surface area contributed by atoms with Crippen LogP contribution in [0.15, 0.2) is 65.3 Å². The number of carbonyl (C=O) groups is 2. The Hall–Kier alpha value is -3.41. The van der Waals surface area contributed by atoms with Crippen LogP contribution in [-0.2, 0) is 6.54 Å². The van der Waals surface area contributed by atoms with Crippen LogP contribution in [-0.4, -0.2) is 34.3 Å². The van der Waals surface area contributed by atoms with Gasteiger partial charge in [0.25, 0.3) is 11.8 Å². The molecule has 1 saturated carbocycles. The van der Waals surface area contributed by atoms with Crippen LogP contribution < -0.4 is 5.32 Å². The van der Waals surface area contributed by atoms with E-state index in [1.165, 1.54) is 0 Å². The maximum atomic E-state index is 13.2. The zero-order valence-corrected chi connectivity index (χ0v) is 16.3. The van der Waals surface area contributed by atoms with Gasteiger partial charge in [0.15, 0.2) is 5.76 Å². The molecule has 0 spiro atoms. The van der Waals surface area contributed by atoms with Crippen molar-refractivity contribution in [3.05, 3.63) is 77.8 Å². The van der Waals surface area contributed by atoms with Crippen molar-refractivity contribution in [3.8, 4) is 11.3 Å². The number of amides is 2. The van der Waals surface area contributed by atoms with Crippen LogP contribution in [0.2, 0.25) is 0 Å². The van der Waals surface area contributed by atoms with Crippen molar-refractivity contribution in [2.45, 2.75) is 32.4 Å². The first-order chi connectivity index (χ1) is 14.2. The van der Waals surface area contributed by atoms with E-state index in [2.05, 4.69) is 10.3 Å². The van der Waals surface area contributed by atoms with Gasteiger partial charge in [0.2, 0.25) is 0 Å². The third-order valence-corrected chi connectivity index (χ3v) is 4.91. The summed E-state index contributed by atoms with van der Waals surface area (Å²) in [5.41, 5.74) is 2.44. The number of aromatic nitrogens is 1. The summed E-state index contributed by atoms with van der Waals surface area (Å²) in [7, 11) is 0. The zero-order valence-electron chi connectivity index (χ0n) is 16.3. The number of furan rings is 1. The fourth-order valence-corrected chi connectivity index (χ4v) is 3.27. The number of rotatable bonds is 7. The van der Waals surface area contributed by atoms with Crippen molar-refractivity contribution in [2.75, 3.05) is 6.54 Å². The average molecular weight is 389 g/mol. The van der Waals surface area contributed by atoms with Crippen LogP contribution in [0.1, 0.15) is 46.2 Å². The smallest absolute Gasteiger partial charge is 0.287 e. The van der Waals surface area contributed by atoms with Gasteiger partial charge in [0.05, 0.1) is 0 Å². The van der Waals surface area contributed by atoms with Gasteiger partial charge in [0, 0.05) is 42.7 Å². The molecule has 1 aliphatic carbocycles. The lowest BCUT2D eigenvalue weighted by molar-refractivity contribution is 0.0729. The van der Waals surface area contributed by atoms with Gasteiger partial charge < -0.3 is 14.6 Å². The lowest BCUT2D eigenvalue weighted by Crippen LogP contribution is -2.32. The first-order valence-corrected chi connectivity index (χ1v) is 9.84. The summed E-state index contributed by atoms with van der Waals surface area (Å²) in [5.74, 6) is 0.578. The van der Waals surface area contributed by atoms with Crippen molar-refractivity contribution >= 4 is 11.8 Å². The molecule has 148 valence electrons. The molecule has 2 heterocycles. The number of benzene rings is 1. The predicted molar refractivity (Wildman–Crippen MR) is 109 cm³/mol. The Balaban J connectivity index is 1.56. The Morgan fingerprint density at radius 2 is 1.93 bits per heavy atom. The SMILES string of the molecule is CCNC(=O)c1ccc(-c2cccc(C(=O)N(Cc3ccncc3)C3CC3)c2)o1. The molecule has 2 amide bonds. The summed E-state index contributed by atoms with van der Waals surface area (Å²) in [6.45, 7) is 2.96. The quantitative estimate of drug-likeness (QED) is 0.665. The summed E-state index contributed by atoms with van der Waals surface area (Å²) >= 11 is 0. The van der Waals surface area contributed by atoms with E-state index in [0.29, 0.717) is 24.4 Å². The molecule has 6 heteroatoms. The number of hydrogen-bond donors (Lipinski definition) is 1. The predicted octanol–water partition coefficient (Wildman–Crippen LogP) is 3.90. The number of nitrogens with one attached hydrogen (secondary N) is 1. The topological polar surface area (TPSA) is 75.4 Å². The first kappa shape index (κ1) is 18.9. The van der Waals surface area contributed by atoms with Gasteiger partial charge in [-0.1, -0.05) is 12.1 Å². The summed E-state index contributed by atoms with van der Waals surface area (Å²) in [5, 5.41) is 2.72. The van der Waals surface area contributed by atoms with Crippen molar-refractivity contribution in [1.29, 1.82) is 0 Å². The Labute approximate surface area is 169 Å². The van der Waals surface area contributed by atoms with Crippen LogP contribution in [0, 0.1) is 0 Å². The lowest BCUT2D eigenvalue weighted by Gasteiger charge is -2.23. The van der Waals surface area contributed by atoms with Gasteiger partial charge in [-0.2, -0.15) is 0 Å². The minimum Gasteiger partial charge on any atom is -0.451 e. The second kappa shape index (κ2) is 8.31. The fourth-order valence-electron chi connectivity index (χ4n) is 3.27. The third-order valence-electron chi connectivity index (χ3n) is 4.91. The van der Waals surface area contributed by atoms with E-state index in [4.69, 9.17) is 4.42 Å². The fraction of sp³-hybridized carbons (Fsp3) is 0.261. The number of carbonyl (C=O) groups excluding carboxylic acids is 2. The standard InChI is InChI=1S/C23H23N3O3/c1-2-25-22(27)21-9-8-20(29-21)17-4-3-5-18(14-17)23(28)26(19-6-7-19)15-16-10-12-24-13-11-16/h3-5,8-14,19H,2,6-7,15H2,1H3,(H,25,27). The molecular formula is C23H23N3O3. The zero-order chi connectivity index (χ0) is 20.2. The highest BCUT2D eigenvalue weighted by molar-refractivity contribution is 5.96. The highest BCUT2D eigenvalue weighted by atomic mass is 16.3. The van der Waals surface area contributed by atoms with Crippen LogP contribution in [0.4, 0.5) is 0 Å². The molecule has 0 radical (unpaired) electrons. The van der Waals surface area contributed by atoms with E-state index >= 15 is 0 Å². The van der Waals surface area contributed by atoms with E-state index in [9.17, 15) is 9.59 Å². The van der Waals surface area contributed by atoms with Gasteiger partial charge in [-0.3, -0.25) is 14.6 Å². The molecule has 1 fully saturated rings. The van der Waals surface area contributed by atoms with Gasteiger partial charge >= 0.3 is 0 Å². The molecule has 0 bridgehead atoms. The molecule has 0 saturated heterocycles. The molecule has 0 aliphatic heterocycles. The van der Waals surface area contributed by atoms with Crippen LogP contribution >= 0.6 is 0 Å². The number of pyridine rings is 1. The van der Waals surface area contributed by atoms with Crippen LogP contribution in [0.3, 0.4) is 0 Å². The van der Waals surface area contributed by atoms with E-state index in [-0.39, 0.29) is 23.6 Å². The molecule has 1 N–H and O–H groups in total. The Morgan fingerprint density at radius 1 is 1.14 bits per heavy atom. The minimum absolute atomic E-state index is 0.00154. The highest BCUT2D eigenvalue weighted by Crippen LogP contribution is 2.31. The molecule has 0 unspecified atom stereocenters. The minimum atomic E-state index is -0.247. The molecular weight excluding hydrogens is 366 g/mol. The van der Waals surface area contributed by atoms with Crippen molar-refractivity contribution in [2.24, 2.45) is 0 Å². The Kier molecular flexibility index (Phi) is 5.42. The lowest BCUT2D eigenvalue weighted by atomic mass is 10.1. The normalized spacial score (nSPS) is 13.1. The summed E-state index contributed by atoms with van der Waals surface area (Å²) in [4.78, 5) is 31.1. The van der Waals surface area contributed by atoms with Gasteiger partial charge in [-0.15, -0.1) is 0 Å². The number of nitrogens with zero attached hydrogens (tertiary/aromatic N) is 2. The number of hydrogen-bond acceptors (Lipinski definition) is 4. The summed E-state index contributed by atoms with van der Waals surface area (Å²) in [6, 6.07) is 14.9. The van der Waals surface area contributed by atoms with E-state index in [0.717, 1.165) is 24.0 Å². The van der Waals surface area contributed by atoms with Crippen LogP contribution in [0.5, 0.6) is 0 Å². The van der Waals surface area contributed by atoms with Gasteiger partial charge in [-0.05, 0) is 61.7 Å². The molecule has 0 atom stereocenters. The molecule has 1 aromatic carbocycles. The maximum absolute atomic E-state index is 13.2. The maximum Gasteiger partial charge on any atom is 0.287 e. The van der Waals surface area contributed by atoms with Crippen molar-refractivity contribution in [1.82, 2.24) is 15.2 Å². The Bertz CT molecular complexity index is 1010.